The van der Waals surface area contributed by atoms with Crippen molar-refractivity contribution in [2.45, 2.75) is 37.8 Å². The van der Waals surface area contributed by atoms with Crippen molar-refractivity contribution in [2.24, 2.45) is 0 Å². The number of ether oxygens (including phenoxy) is 1. The minimum atomic E-state index is -0.425. The first-order chi connectivity index (χ1) is 12.3. The molecule has 5 nitrogen and oxygen atoms in total. The van der Waals surface area contributed by atoms with Crippen LogP contribution >= 0.6 is 11.8 Å². The molecule has 2 N–H and O–H groups in total. The van der Waals surface area contributed by atoms with Crippen LogP contribution in [0.2, 0.25) is 0 Å². The summed E-state index contributed by atoms with van der Waals surface area (Å²) in [4.78, 5) is 25.1. The predicted octanol–water partition coefficient (Wildman–Crippen LogP) is 3.64. The average Bonchev–Trinajstić information content (AvgIpc) is 2.57. The molecule has 0 atom stereocenters. The molecule has 0 aliphatic rings. The molecule has 0 unspecified atom stereocenters. The molecule has 2 aromatic rings. The van der Waals surface area contributed by atoms with E-state index in [1.807, 2.05) is 44.2 Å². The van der Waals surface area contributed by atoms with E-state index in [4.69, 9.17) is 4.74 Å². The topological polar surface area (TPSA) is 67.4 Å². The molecular formula is C20H24N2O3S. The first-order valence-corrected chi connectivity index (χ1v) is 9.29. The zero-order valence-electron chi connectivity index (χ0n) is 15.5. The monoisotopic (exact) mass is 372 g/mol. The highest BCUT2D eigenvalue weighted by atomic mass is 32.2. The average molecular weight is 372 g/mol. The Labute approximate surface area is 158 Å². The van der Waals surface area contributed by atoms with Gasteiger partial charge in [0, 0.05) is 10.1 Å². The Morgan fingerprint density at radius 1 is 1.04 bits per heavy atom. The molecule has 0 saturated carbocycles. The summed E-state index contributed by atoms with van der Waals surface area (Å²) in [5, 5.41) is 0.352. The number of rotatable bonds is 6. The van der Waals surface area contributed by atoms with Crippen LogP contribution in [0.3, 0.4) is 0 Å². The Balaban J connectivity index is 1.88. The third-order valence-electron chi connectivity index (χ3n) is 3.37. The number of hydrogen-bond acceptors (Lipinski definition) is 4. The first-order valence-electron chi connectivity index (χ1n) is 8.41. The van der Waals surface area contributed by atoms with Gasteiger partial charge < -0.3 is 4.74 Å². The van der Waals surface area contributed by atoms with Crippen molar-refractivity contribution in [3.63, 3.8) is 0 Å². The Morgan fingerprint density at radius 2 is 1.69 bits per heavy atom. The van der Waals surface area contributed by atoms with E-state index in [0.29, 0.717) is 16.6 Å². The molecule has 0 spiro atoms. The first kappa shape index (κ1) is 19.8. The Bertz CT molecular complexity index is 770. The van der Waals surface area contributed by atoms with Gasteiger partial charge in [0.05, 0.1) is 5.56 Å². The minimum absolute atomic E-state index is 0.175. The van der Waals surface area contributed by atoms with Crippen LogP contribution in [0.1, 0.15) is 35.3 Å². The van der Waals surface area contributed by atoms with Crippen molar-refractivity contribution in [3.8, 4) is 5.75 Å². The van der Waals surface area contributed by atoms with Crippen LogP contribution in [0.25, 0.3) is 0 Å². The third-order valence-corrected chi connectivity index (χ3v) is 4.46. The molecule has 2 aromatic carbocycles. The number of hydrogen-bond donors (Lipinski definition) is 2. The highest BCUT2D eigenvalue weighted by Crippen LogP contribution is 2.26. The van der Waals surface area contributed by atoms with Crippen molar-refractivity contribution in [2.75, 3.05) is 6.61 Å². The molecule has 6 heteroatoms. The van der Waals surface area contributed by atoms with Gasteiger partial charge in [0.1, 0.15) is 5.75 Å². The van der Waals surface area contributed by atoms with Crippen LogP contribution < -0.4 is 15.6 Å². The summed E-state index contributed by atoms with van der Waals surface area (Å²) in [6, 6.07) is 13.1. The lowest BCUT2D eigenvalue weighted by Gasteiger charge is -2.12. The number of carbonyl (C=O) groups is 2. The summed E-state index contributed by atoms with van der Waals surface area (Å²) >= 11 is 1.60. The summed E-state index contributed by atoms with van der Waals surface area (Å²) in [5.74, 6) is -0.150. The number of nitrogens with one attached hydrogen (secondary N) is 2. The van der Waals surface area contributed by atoms with E-state index in [0.717, 1.165) is 16.0 Å². The lowest BCUT2D eigenvalue weighted by atomic mass is 10.1. The van der Waals surface area contributed by atoms with Crippen LogP contribution in [0.15, 0.2) is 47.4 Å². The molecule has 138 valence electrons. The molecular weight excluding hydrogens is 348 g/mol. The van der Waals surface area contributed by atoms with Crippen molar-refractivity contribution < 1.29 is 14.3 Å². The van der Waals surface area contributed by atoms with Gasteiger partial charge in [0.2, 0.25) is 0 Å². The number of hydrazine groups is 1. The second-order valence-corrected chi connectivity index (χ2v) is 7.90. The van der Waals surface area contributed by atoms with E-state index >= 15 is 0 Å². The van der Waals surface area contributed by atoms with Crippen molar-refractivity contribution >= 4 is 23.6 Å². The van der Waals surface area contributed by atoms with E-state index < -0.39 is 5.91 Å². The maximum Gasteiger partial charge on any atom is 0.276 e. The van der Waals surface area contributed by atoms with Crippen LogP contribution in [0, 0.1) is 13.8 Å². The number of aryl methyl sites for hydroxylation is 2. The Kier molecular flexibility index (Phi) is 7.09. The van der Waals surface area contributed by atoms with Crippen molar-refractivity contribution in [3.05, 3.63) is 59.2 Å². The van der Waals surface area contributed by atoms with E-state index in [-0.39, 0.29) is 12.5 Å². The number of thioether (sulfide) groups is 1. The maximum absolute atomic E-state index is 12.3. The maximum atomic E-state index is 12.3. The van der Waals surface area contributed by atoms with Crippen molar-refractivity contribution in [1.82, 2.24) is 10.9 Å². The fourth-order valence-electron chi connectivity index (χ4n) is 2.41. The summed E-state index contributed by atoms with van der Waals surface area (Å²) in [7, 11) is 0. The molecule has 0 fully saturated rings. The van der Waals surface area contributed by atoms with E-state index in [9.17, 15) is 9.59 Å². The quantitative estimate of drug-likeness (QED) is 0.600. The van der Waals surface area contributed by atoms with Crippen LogP contribution in [0.5, 0.6) is 5.75 Å². The van der Waals surface area contributed by atoms with Gasteiger partial charge >= 0.3 is 0 Å². The van der Waals surface area contributed by atoms with Crippen LogP contribution in [0.4, 0.5) is 0 Å². The smallest absolute Gasteiger partial charge is 0.276 e. The molecule has 2 rings (SSSR count). The number of amides is 2. The molecule has 2 amide bonds. The van der Waals surface area contributed by atoms with Crippen LogP contribution in [-0.4, -0.2) is 23.7 Å². The molecule has 0 heterocycles. The van der Waals surface area contributed by atoms with Crippen LogP contribution in [-0.2, 0) is 4.79 Å². The second-order valence-electron chi connectivity index (χ2n) is 6.28. The fraction of sp³-hybridized carbons (Fsp3) is 0.300. The lowest BCUT2D eigenvalue weighted by Crippen LogP contribution is -2.44. The Morgan fingerprint density at radius 3 is 2.35 bits per heavy atom. The zero-order chi connectivity index (χ0) is 19.1. The predicted molar refractivity (Wildman–Crippen MR) is 104 cm³/mol. The summed E-state index contributed by atoms with van der Waals surface area (Å²) in [5.41, 5.74) is 7.48. The summed E-state index contributed by atoms with van der Waals surface area (Å²) in [6.45, 7) is 7.88. The minimum Gasteiger partial charge on any atom is -0.484 e. The van der Waals surface area contributed by atoms with Gasteiger partial charge in [-0.3, -0.25) is 20.4 Å². The standard InChI is InChI=1S/C20H24N2O3S/c1-13(2)26-18-8-6-5-7-17(18)20(24)22-21-19(23)12-25-16-10-14(3)9-15(4)11-16/h5-11,13H,12H2,1-4H3,(H,21,23)(H,22,24). The second kappa shape index (κ2) is 9.29. The number of benzene rings is 2. The highest BCUT2D eigenvalue weighted by Gasteiger charge is 2.13. The molecule has 0 radical (unpaired) electrons. The summed E-state index contributed by atoms with van der Waals surface area (Å²) < 4.78 is 5.48. The van der Waals surface area contributed by atoms with E-state index in [2.05, 4.69) is 24.7 Å². The van der Waals surface area contributed by atoms with Gasteiger partial charge in [-0.1, -0.05) is 32.0 Å². The molecule has 0 saturated heterocycles. The normalized spacial score (nSPS) is 10.5. The van der Waals surface area contributed by atoms with Gasteiger partial charge in [0.25, 0.3) is 11.8 Å². The molecule has 0 bridgehead atoms. The molecule has 0 aliphatic heterocycles. The lowest BCUT2D eigenvalue weighted by molar-refractivity contribution is -0.123. The Hall–Kier alpha value is -2.47. The zero-order valence-corrected chi connectivity index (χ0v) is 16.3. The third kappa shape index (κ3) is 6.11. The van der Waals surface area contributed by atoms with E-state index in [1.54, 1.807) is 23.9 Å². The van der Waals surface area contributed by atoms with E-state index in [1.165, 1.54) is 0 Å². The summed E-state index contributed by atoms with van der Waals surface area (Å²) in [6.07, 6.45) is 0. The molecule has 0 aromatic heterocycles. The molecule has 0 aliphatic carbocycles. The van der Waals surface area contributed by atoms with Gasteiger partial charge in [-0.25, -0.2) is 0 Å². The largest absolute Gasteiger partial charge is 0.484 e. The van der Waals surface area contributed by atoms with Gasteiger partial charge in [-0.15, -0.1) is 11.8 Å². The fourth-order valence-corrected chi connectivity index (χ4v) is 3.36. The van der Waals surface area contributed by atoms with Gasteiger partial charge in [-0.2, -0.15) is 0 Å². The SMILES string of the molecule is Cc1cc(C)cc(OCC(=O)NNC(=O)c2ccccc2SC(C)C)c1. The van der Waals surface area contributed by atoms with Gasteiger partial charge in [-0.05, 0) is 49.2 Å². The van der Waals surface area contributed by atoms with Crippen molar-refractivity contribution in [1.29, 1.82) is 0 Å². The molecule has 26 heavy (non-hydrogen) atoms. The number of carbonyl (C=O) groups excluding carboxylic acids is 2. The highest BCUT2D eigenvalue weighted by molar-refractivity contribution is 8.00. The van der Waals surface area contributed by atoms with Gasteiger partial charge in [0.15, 0.2) is 6.61 Å².